The smallest absolute Gasteiger partial charge is 0.155 e. The Labute approximate surface area is 152 Å². The Balaban J connectivity index is 1.76. The van der Waals surface area contributed by atoms with E-state index in [4.69, 9.17) is 0 Å². The molecule has 1 aromatic heterocycles. The van der Waals surface area contributed by atoms with Gasteiger partial charge in [-0.1, -0.05) is 37.5 Å². The number of hydrogen-bond donors (Lipinski definition) is 0. The number of benzene rings is 1. The number of para-hydroxylation sites is 1. The van der Waals surface area contributed by atoms with Crippen LogP contribution in [0.15, 0.2) is 30.3 Å². The second-order valence-corrected chi connectivity index (χ2v) is 10.8. The van der Waals surface area contributed by atoms with E-state index in [0.29, 0.717) is 5.75 Å². The van der Waals surface area contributed by atoms with Crippen LogP contribution in [0.2, 0.25) is 0 Å². The molecule has 2 aromatic rings. The molecule has 4 heteroatoms. The highest BCUT2D eigenvalue weighted by Gasteiger charge is 2.27. The molecule has 138 valence electrons. The van der Waals surface area contributed by atoms with Crippen LogP contribution in [-0.2, 0) is 16.3 Å². The number of unbranched alkanes of at least 4 members (excludes halogenated alkanes) is 4. The fourth-order valence-corrected chi connectivity index (χ4v) is 4.24. The van der Waals surface area contributed by atoms with Gasteiger partial charge in [0.2, 0.25) is 0 Å². The van der Waals surface area contributed by atoms with Crippen molar-refractivity contribution in [1.82, 2.24) is 4.98 Å². The lowest BCUT2D eigenvalue weighted by Crippen LogP contribution is -2.30. The molecule has 0 saturated heterocycles. The number of hydrogen-bond acceptors (Lipinski definition) is 3. The molecule has 3 nitrogen and oxygen atoms in total. The lowest BCUT2D eigenvalue weighted by molar-refractivity contribution is 0.552. The van der Waals surface area contributed by atoms with Crippen LogP contribution in [0.25, 0.3) is 10.9 Å². The van der Waals surface area contributed by atoms with Crippen molar-refractivity contribution >= 4 is 20.7 Å². The summed E-state index contributed by atoms with van der Waals surface area (Å²) in [4.78, 5) is 4.59. The highest BCUT2D eigenvalue weighted by Crippen LogP contribution is 2.21. The van der Waals surface area contributed by atoms with E-state index in [1.54, 1.807) is 20.8 Å². The summed E-state index contributed by atoms with van der Waals surface area (Å²) in [6.45, 7) is 7.39. The number of nitrogens with zero attached hydrogens (tertiary/aromatic N) is 1. The third kappa shape index (κ3) is 5.53. The summed E-state index contributed by atoms with van der Waals surface area (Å²) < 4.78 is 23.5. The van der Waals surface area contributed by atoms with Gasteiger partial charge >= 0.3 is 0 Å². The first-order chi connectivity index (χ1) is 11.7. The largest absolute Gasteiger partial charge is 0.253 e. The van der Waals surface area contributed by atoms with Crippen molar-refractivity contribution in [2.75, 3.05) is 5.75 Å². The van der Waals surface area contributed by atoms with Crippen molar-refractivity contribution in [3.05, 3.63) is 41.6 Å². The van der Waals surface area contributed by atoms with Crippen molar-refractivity contribution in [3.63, 3.8) is 0 Å². The van der Waals surface area contributed by atoms with E-state index < -0.39 is 14.6 Å². The first-order valence-electron chi connectivity index (χ1n) is 9.28. The Bertz CT molecular complexity index is 804. The Kier molecular flexibility index (Phi) is 6.61. The Morgan fingerprint density at radius 2 is 1.60 bits per heavy atom. The zero-order valence-corrected chi connectivity index (χ0v) is 16.8. The average Bonchev–Trinajstić information content (AvgIpc) is 2.52. The van der Waals surface area contributed by atoms with Crippen molar-refractivity contribution in [2.24, 2.45) is 0 Å². The maximum absolute atomic E-state index is 12.1. The summed E-state index contributed by atoms with van der Waals surface area (Å²) >= 11 is 0. The SMILES string of the molecule is Cc1cc(CCCCCCCS(=O)(=O)C(C)(C)C)c2ccccc2n1. The van der Waals surface area contributed by atoms with Crippen molar-refractivity contribution < 1.29 is 8.42 Å². The Morgan fingerprint density at radius 1 is 0.960 bits per heavy atom. The van der Waals surface area contributed by atoms with Gasteiger partial charge in [0.25, 0.3) is 0 Å². The molecule has 0 atom stereocenters. The van der Waals surface area contributed by atoms with Gasteiger partial charge in [0.15, 0.2) is 9.84 Å². The van der Waals surface area contributed by atoms with Crippen LogP contribution < -0.4 is 0 Å². The quantitative estimate of drug-likeness (QED) is 0.603. The van der Waals surface area contributed by atoms with Crippen LogP contribution in [0.3, 0.4) is 0 Å². The van der Waals surface area contributed by atoms with Crippen LogP contribution >= 0.6 is 0 Å². The predicted octanol–water partition coefficient (Wildman–Crippen LogP) is 5.25. The number of pyridine rings is 1. The molecule has 0 bridgehead atoms. The highest BCUT2D eigenvalue weighted by atomic mass is 32.2. The van der Waals surface area contributed by atoms with E-state index >= 15 is 0 Å². The zero-order valence-electron chi connectivity index (χ0n) is 16.0. The molecule has 0 amide bonds. The molecular weight excluding hydrogens is 330 g/mol. The molecule has 0 N–H and O–H groups in total. The molecule has 1 aromatic carbocycles. The molecule has 0 saturated carbocycles. The van der Waals surface area contributed by atoms with E-state index in [-0.39, 0.29) is 0 Å². The average molecular weight is 362 g/mol. The van der Waals surface area contributed by atoms with Gasteiger partial charge in [-0.05, 0) is 64.7 Å². The van der Waals surface area contributed by atoms with E-state index in [0.717, 1.165) is 49.7 Å². The first-order valence-corrected chi connectivity index (χ1v) is 10.9. The standard InChI is InChI=1S/C21H31NO2S/c1-17-16-18(19-13-9-10-14-20(19)22-17)12-8-6-5-7-11-15-25(23,24)21(2,3)4/h9-10,13-14,16H,5-8,11-12,15H2,1-4H3. The van der Waals surface area contributed by atoms with E-state index in [9.17, 15) is 8.42 Å². The van der Waals surface area contributed by atoms with Gasteiger partial charge in [-0.2, -0.15) is 0 Å². The Morgan fingerprint density at radius 3 is 2.32 bits per heavy atom. The van der Waals surface area contributed by atoms with Gasteiger partial charge in [0, 0.05) is 11.1 Å². The molecule has 1 heterocycles. The Hall–Kier alpha value is -1.42. The topological polar surface area (TPSA) is 47.0 Å². The van der Waals surface area contributed by atoms with Gasteiger partial charge in [0.1, 0.15) is 0 Å². The lowest BCUT2D eigenvalue weighted by Gasteiger charge is -2.18. The fourth-order valence-electron chi connectivity index (χ4n) is 3.05. The molecule has 0 unspecified atom stereocenters. The molecule has 0 spiro atoms. The molecule has 0 radical (unpaired) electrons. The molecule has 2 rings (SSSR count). The first kappa shape index (κ1) is 19.9. The maximum atomic E-state index is 12.1. The summed E-state index contributed by atoms with van der Waals surface area (Å²) in [5.74, 6) is 0.310. The second kappa shape index (κ2) is 8.31. The zero-order chi connectivity index (χ0) is 18.5. The molecular formula is C21H31NO2S. The van der Waals surface area contributed by atoms with Crippen LogP contribution in [0.5, 0.6) is 0 Å². The maximum Gasteiger partial charge on any atom is 0.155 e. The number of fused-ring (bicyclic) bond motifs is 1. The third-order valence-electron chi connectivity index (χ3n) is 4.72. The molecule has 0 aliphatic carbocycles. The van der Waals surface area contributed by atoms with Crippen molar-refractivity contribution in [1.29, 1.82) is 0 Å². The monoisotopic (exact) mass is 361 g/mol. The minimum absolute atomic E-state index is 0.310. The predicted molar refractivity (Wildman–Crippen MR) is 107 cm³/mol. The summed E-state index contributed by atoms with van der Waals surface area (Å²) in [5, 5.41) is 1.25. The second-order valence-electron chi connectivity index (χ2n) is 7.89. The molecule has 0 aliphatic rings. The summed E-state index contributed by atoms with van der Waals surface area (Å²) in [7, 11) is -2.97. The van der Waals surface area contributed by atoms with Crippen LogP contribution in [0.4, 0.5) is 0 Å². The molecule has 0 fully saturated rings. The van der Waals surface area contributed by atoms with E-state index in [1.807, 2.05) is 13.0 Å². The highest BCUT2D eigenvalue weighted by molar-refractivity contribution is 7.92. The van der Waals surface area contributed by atoms with Gasteiger partial charge < -0.3 is 0 Å². The summed E-state index contributed by atoms with van der Waals surface area (Å²) in [6, 6.07) is 10.5. The van der Waals surface area contributed by atoms with Crippen LogP contribution in [0, 0.1) is 6.92 Å². The molecule has 25 heavy (non-hydrogen) atoms. The van der Waals surface area contributed by atoms with Gasteiger partial charge in [0.05, 0.1) is 16.0 Å². The normalized spacial score (nSPS) is 12.6. The van der Waals surface area contributed by atoms with Gasteiger partial charge in [-0.3, -0.25) is 4.98 Å². The number of sulfone groups is 1. The van der Waals surface area contributed by atoms with Crippen molar-refractivity contribution in [3.8, 4) is 0 Å². The van der Waals surface area contributed by atoms with Gasteiger partial charge in [-0.15, -0.1) is 0 Å². The minimum Gasteiger partial charge on any atom is -0.253 e. The third-order valence-corrected chi connectivity index (χ3v) is 7.41. The van der Waals surface area contributed by atoms with Gasteiger partial charge in [-0.25, -0.2) is 8.42 Å². The van der Waals surface area contributed by atoms with E-state index in [2.05, 4.69) is 29.2 Å². The van der Waals surface area contributed by atoms with Crippen LogP contribution in [0.1, 0.15) is 64.1 Å². The summed E-state index contributed by atoms with van der Waals surface area (Å²) in [6.07, 6.45) is 6.21. The number of aryl methyl sites for hydroxylation is 2. The fraction of sp³-hybridized carbons (Fsp3) is 0.571. The number of aromatic nitrogens is 1. The number of rotatable bonds is 8. The summed E-state index contributed by atoms with van der Waals surface area (Å²) in [5.41, 5.74) is 3.52. The minimum atomic E-state index is -2.97. The van der Waals surface area contributed by atoms with E-state index in [1.165, 1.54) is 10.9 Å². The van der Waals surface area contributed by atoms with Crippen molar-refractivity contribution in [2.45, 2.75) is 71.0 Å². The lowest BCUT2D eigenvalue weighted by atomic mass is 10.0. The van der Waals surface area contributed by atoms with Crippen LogP contribution in [-0.4, -0.2) is 23.9 Å². The molecule has 0 aliphatic heterocycles.